The Morgan fingerprint density at radius 3 is 2.19 bits per heavy atom. The van der Waals surface area contributed by atoms with Gasteiger partial charge in [0, 0.05) is 5.69 Å². The van der Waals surface area contributed by atoms with Crippen molar-refractivity contribution in [1.82, 2.24) is 0 Å². The number of anilines is 1. The van der Waals surface area contributed by atoms with Crippen LogP contribution in [-0.4, -0.2) is 26.4 Å². The van der Waals surface area contributed by atoms with Gasteiger partial charge in [0.25, 0.3) is 5.91 Å². The molecule has 0 unspecified atom stereocenters. The number of sulfonamides is 1. The molecule has 144 valence electrons. The van der Waals surface area contributed by atoms with Crippen molar-refractivity contribution in [2.45, 2.75) is 37.2 Å². The molecule has 2 aromatic rings. The van der Waals surface area contributed by atoms with Crippen molar-refractivity contribution in [1.29, 1.82) is 0 Å². The Kier molecular flexibility index (Phi) is 6.70. The van der Waals surface area contributed by atoms with Crippen LogP contribution in [0.25, 0.3) is 0 Å². The van der Waals surface area contributed by atoms with Crippen LogP contribution in [0.2, 0.25) is 0 Å². The predicted molar refractivity (Wildman–Crippen MR) is 101 cm³/mol. The van der Waals surface area contributed by atoms with Crippen LogP contribution >= 0.6 is 0 Å². The van der Waals surface area contributed by atoms with Gasteiger partial charge in [0.15, 0.2) is 6.10 Å². The number of primary sulfonamides is 1. The second-order valence-corrected chi connectivity index (χ2v) is 7.57. The first-order chi connectivity index (χ1) is 12.7. The van der Waals surface area contributed by atoms with Gasteiger partial charge in [-0.15, -0.1) is 0 Å². The van der Waals surface area contributed by atoms with E-state index < -0.39 is 33.9 Å². The van der Waals surface area contributed by atoms with E-state index in [1.807, 2.05) is 37.3 Å². The molecule has 3 N–H and O–H groups in total. The summed E-state index contributed by atoms with van der Waals surface area (Å²) in [6.45, 7) is 3.35. The zero-order chi connectivity index (χ0) is 20.0. The number of carbonyl (C=O) groups excluding carboxylic acids is 2. The van der Waals surface area contributed by atoms with Crippen molar-refractivity contribution in [2.24, 2.45) is 5.14 Å². The number of hydrogen-bond acceptors (Lipinski definition) is 5. The van der Waals surface area contributed by atoms with Crippen LogP contribution in [0.3, 0.4) is 0 Å². The van der Waals surface area contributed by atoms with E-state index in [0.29, 0.717) is 12.1 Å². The van der Waals surface area contributed by atoms with Gasteiger partial charge < -0.3 is 10.1 Å². The molecule has 0 saturated carbocycles. The zero-order valence-corrected chi connectivity index (χ0v) is 15.9. The standard InChI is InChI=1S/C19H22N2O5S/c1-3-17(14-7-5-4-6-8-14)19(23)26-13(2)18(22)21-15-9-11-16(12-10-15)27(20,24)25/h4-13,17H,3H2,1-2H3,(H,21,22)(H2,20,24,25)/t13-,17+/m0/s1. The highest BCUT2D eigenvalue weighted by Gasteiger charge is 2.25. The fraction of sp³-hybridized carbons (Fsp3) is 0.263. The molecular weight excluding hydrogens is 368 g/mol. The summed E-state index contributed by atoms with van der Waals surface area (Å²) in [6, 6.07) is 14.6. The van der Waals surface area contributed by atoms with Crippen LogP contribution in [-0.2, 0) is 24.3 Å². The van der Waals surface area contributed by atoms with Gasteiger partial charge in [-0.25, -0.2) is 13.6 Å². The Labute approximate surface area is 158 Å². The average molecular weight is 390 g/mol. The fourth-order valence-corrected chi connectivity index (χ4v) is 3.02. The van der Waals surface area contributed by atoms with Crippen LogP contribution < -0.4 is 10.5 Å². The van der Waals surface area contributed by atoms with Crippen molar-refractivity contribution in [3.05, 3.63) is 60.2 Å². The minimum atomic E-state index is -3.80. The number of benzene rings is 2. The number of ether oxygens (including phenoxy) is 1. The summed E-state index contributed by atoms with van der Waals surface area (Å²) in [5, 5.41) is 7.60. The molecule has 8 heteroatoms. The van der Waals surface area contributed by atoms with E-state index in [0.717, 1.165) is 5.56 Å². The van der Waals surface area contributed by atoms with Crippen LogP contribution in [0.4, 0.5) is 5.69 Å². The summed E-state index contributed by atoms with van der Waals surface area (Å²) in [4.78, 5) is 24.6. The van der Waals surface area contributed by atoms with Gasteiger partial charge in [-0.1, -0.05) is 37.3 Å². The monoisotopic (exact) mass is 390 g/mol. The molecule has 0 heterocycles. The van der Waals surface area contributed by atoms with E-state index in [1.165, 1.54) is 31.2 Å². The summed E-state index contributed by atoms with van der Waals surface area (Å²) in [5.41, 5.74) is 1.20. The third kappa shape index (κ3) is 5.63. The van der Waals surface area contributed by atoms with Crippen molar-refractivity contribution in [3.63, 3.8) is 0 Å². The quantitative estimate of drug-likeness (QED) is 0.704. The molecule has 0 radical (unpaired) electrons. The molecule has 1 amide bonds. The van der Waals surface area contributed by atoms with E-state index in [-0.39, 0.29) is 4.90 Å². The minimum Gasteiger partial charge on any atom is -0.452 e. The van der Waals surface area contributed by atoms with E-state index in [9.17, 15) is 18.0 Å². The molecule has 0 aliphatic rings. The summed E-state index contributed by atoms with van der Waals surface area (Å²) < 4.78 is 27.8. The number of nitrogens with one attached hydrogen (secondary N) is 1. The lowest BCUT2D eigenvalue weighted by Gasteiger charge is -2.18. The largest absolute Gasteiger partial charge is 0.452 e. The number of amides is 1. The number of nitrogens with two attached hydrogens (primary N) is 1. The molecule has 7 nitrogen and oxygen atoms in total. The molecule has 0 saturated heterocycles. The first-order valence-electron chi connectivity index (χ1n) is 8.41. The molecule has 2 aromatic carbocycles. The van der Waals surface area contributed by atoms with Gasteiger partial charge in [0.1, 0.15) is 0 Å². The second-order valence-electron chi connectivity index (χ2n) is 6.01. The molecule has 0 spiro atoms. The average Bonchev–Trinajstić information content (AvgIpc) is 2.63. The normalized spacial score (nSPS) is 13.4. The summed E-state index contributed by atoms with van der Waals surface area (Å²) >= 11 is 0. The SMILES string of the molecule is CC[C@@H](C(=O)O[C@@H](C)C(=O)Nc1ccc(S(N)(=O)=O)cc1)c1ccccc1. The highest BCUT2D eigenvalue weighted by atomic mass is 32.2. The van der Waals surface area contributed by atoms with Gasteiger partial charge in [0.05, 0.1) is 10.8 Å². The third-order valence-electron chi connectivity index (χ3n) is 4.01. The molecular formula is C19H22N2O5S. The van der Waals surface area contributed by atoms with Gasteiger partial charge in [-0.05, 0) is 43.2 Å². The Hall–Kier alpha value is -2.71. The molecule has 0 aliphatic carbocycles. The maximum atomic E-state index is 12.4. The Balaban J connectivity index is 1.99. The van der Waals surface area contributed by atoms with E-state index in [2.05, 4.69) is 5.32 Å². The lowest BCUT2D eigenvalue weighted by atomic mass is 9.97. The van der Waals surface area contributed by atoms with Gasteiger partial charge >= 0.3 is 5.97 Å². The molecule has 0 fully saturated rings. The van der Waals surface area contributed by atoms with Crippen molar-refractivity contribution in [3.8, 4) is 0 Å². The Morgan fingerprint density at radius 1 is 1.07 bits per heavy atom. The van der Waals surface area contributed by atoms with E-state index in [4.69, 9.17) is 9.88 Å². The molecule has 2 atom stereocenters. The molecule has 0 aliphatic heterocycles. The Morgan fingerprint density at radius 2 is 1.67 bits per heavy atom. The summed E-state index contributed by atoms with van der Waals surface area (Å²) in [5.74, 6) is -1.44. The summed E-state index contributed by atoms with van der Waals surface area (Å²) in [6.07, 6.45) is -0.458. The van der Waals surface area contributed by atoms with E-state index in [1.54, 1.807) is 0 Å². The predicted octanol–water partition coefficient (Wildman–Crippen LogP) is 2.40. The van der Waals surface area contributed by atoms with Gasteiger partial charge in [-0.2, -0.15) is 0 Å². The van der Waals surface area contributed by atoms with Crippen LogP contribution in [0, 0.1) is 0 Å². The number of carbonyl (C=O) groups is 2. The first kappa shape index (κ1) is 20.6. The second kappa shape index (κ2) is 8.79. The fourth-order valence-electron chi connectivity index (χ4n) is 2.51. The topological polar surface area (TPSA) is 116 Å². The molecule has 0 bridgehead atoms. The van der Waals surface area contributed by atoms with Gasteiger partial charge in [0.2, 0.25) is 10.0 Å². The highest BCUT2D eigenvalue weighted by molar-refractivity contribution is 7.89. The van der Waals surface area contributed by atoms with Crippen molar-refractivity contribution in [2.75, 3.05) is 5.32 Å². The number of esters is 1. The maximum Gasteiger partial charge on any atom is 0.314 e. The molecule has 27 heavy (non-hydrogen) atoms. The van der Waals surface area contributed by atoms with Crippen LogP contribution in [0.15, 0.2) is 59.5 Å². The highest BCUT2D eigenvalue weighted by Crippen LogP contribution is 2.21. The summed E-state index contributed by atoms with van der Waals surface area (Å²) in [7, 11) is -3.80. The van der Waals surface area contributed by atoms with Crippen molar-refractivity contribution < 1.29 is 22.7 Å². The maximum absolute atomic E-state index is 12.4. The zero-order valence-electron chi connectivity index (χ0n) is 15.1. The molecule has 2 rings (SSSR count). The first-order valence-corrected chi connectivity index (χ1v) is 9.96. The minimum absolute atomic E-state index is 0.0615. The third-order valence-corrected chi connectivity index (χ3v) is 4.94. The smallest absolute Gasteiger partial charge is 0.314 e. The molecule has 0 aromatic heterocycles. The van der Waals surface area contributed by atoms with Crippen LogP contribution in [0.5, 0.6) is 0 Å². The van der Waals surface area contributed by atoms with Crippen molar-refractivity contribution >= 4 is 27.6 Å². The number of rotatable bonds is 7. The van der Waals surface area contributed by atoms with E-state index >= 15 is 0 Å². The lowest BCUT2D eigenvalue weighted by molar-refractivity contribution is -0.154. The lowest BCUT2D eigenvalue weighted by Crippen LogP contribution is -2.31. The number of hydrogen-bond donors (Lipinski definition) is 2. The van der Waals surface area contributed by atoms with Gasteiger partial charge in [-0.3, -0.25) is 9.59 Å². The Bertz CT molecular complexity index is 895. The van der Waals surface area contributed by atoms with Crippen LogP contribution in [0.1, 0.15) is 31.7 Å².